The second-order valence-electron chi connectivity index (χ2n) is 5.76. The van der Waals surface area contributed by atoms with Gasteiger partial charge >= 0.3 is 0 Å². The third kappa shape index (κ3) is 2.25. The molecule has 0 spiro atoms. The van der Waals surface area contributed by atoms with Gasteiger partial charge in [-0.1, -0.05) is 18.2 Å². The maximum atomic E-state index is 12.7. The molecule has 1 aliphatic carbocycles. The van der Waals surface area contributed by atoms with Crippen molar-refractivity contribution < 1.29 is 4.79 Å². The van der Waals surface area contributed by atoms with Gasteiger partial charge in [-0.3, -0.25) is 4.79 Å². The van der Waals surface area contributed by atoms with Crippen molar-refractivity contribution in [2.45, 2.75) is 12.8 Å². The second-order valence-corrected chi connectivity index (χ2v) is 5.76. The molecule has 0 bridgehead atoms. The van der Waals surface area contributed by atoms with Crippen LogP contribution in [-0.2, 0) is 13.5 Å². The van der Waals surface area contributed by atoms with Gasteiger partial charge in [0.25, 0.3) is 0 Å². The molecule has 3 nitrogen and oxygen atoms in total. The summed E-state index contributed by atoms with van der Waals surface area (Å²) in [5.41, 5.74) is 3.35. The minimum Gasteiger partial charge on any atom is -0.347 e. The van der Waals surface area contributed by atoms with Crippen LogP contribution in [-0.4, -0.2) is 35.9 Å². The molecule has 0 aliphatic heterocycles. The number of para-hydroxylation sites is 1. The van der Waals surface area contributed by atoms with Crippen LogP contribution in [0.15, 0.2) is 24.3 Å². The number of hydrogen-bond acceptors (Lipinski definition) is 2. The molecule has 0 fully saturated rings. The Morgan fingerprint density at radius 3 is 2.70 bits per heavy atom. The van der Waals surface area contributed by atoms with Gasteiger partial charge in [-0.05, 0) is 33.0 Å². The summed E-state index contributed by atoms with van der Waals surface area (Å²) in [5.74, 6) is 0.472. The highest BCUT2D eigenvalue weighted by Crippen LogP contribution is 2.33. The molecule has 20 heavy (non-hydrogen) atoms. The molecule has 1 aromatic heterocycles. The summed E-state index contributed by atoms with van der Waals surface area (Å²) in [4.78, 5) is 14.8. The second kappa shape index (κ2) is 5.58. The Kier molecular flexibility index (Phi) is 4.21. The van der Waals surface area contributed by atoms with E-state index in [0.29, 0.717) is 5.78 Å². The minimum atomic E-state index is 0. The summed E-state index contributed by atoms with van der Waals surface area (Å²) in [7, 11) is 6.14. The number of fused-ring (bicyclic) bond motifs is 3. The number of rotatable bonds is 2. The Balaban J connectivity index is 0.00000147. The molecule has 0 saturated carbocycles. The average Bonchev–Trinajstić information content (AvgIpc) is 2.67. The Hall–Kier alpha value is -1.32. The summed E-state index contributed by atoms with van der Waals surface area (Å²) >= 11 is 0. The zero-order valence-electron chi connectivity index (χ0n) is 12.2. The fourth-order valence-corrected chi connectivity index (χ4v) is 3.27. The summed E-state index contributed by atoms with van der Waals surface area (Å²) in [6.07, 6.45) is 1.97. The lowest BCUT2D eigenvalue weighted by Crippen LogP contribution is -2.31. The lowest BCUT2D eigenvalue weighted by molar-refractivity contribution is 0.0878. The summed E-state index contributed by atoms with van der Waals surface area (Å²) in [5, 5.41) is 1.12. The van der Waals surface area contributed by atoms with E-state index >= 15 is 0 Å². The Morgan fingerprint density at radius 1 is 1.30 bits per heavy atom. The van der Waals surface area contributed by atoms with Crippen molar-refractivity contribution in [2.75, 3.05) is 20.6 Å². The number of nitrogens with zero attached hydrogens (tertiary/aromatic N) is 2. The normalized spacial score (nSPS) is 18.2. The smallest absolute Gasteiger partial charge is 0.169 e. The summed E-state index contributed by atoms with van der Waals surface area (Å²) < 4.78 is 2.19. The molecule has 2 aromatic rings. The fraction of sp³-hybridized carbons (Fsp3) is 0.438. The lowest BCUT2D eigenvalue weighted by atomic mass is 9.85. The van der Waals surface area contributed by atoms with Gasteiger partial charge in [-0.15, -0.1) is 12.4 Å². The van der Waals surface area contributed by atoms with E-state index in [1.165, 1.54) is 11.2 Å². The molecule has 1 aliphatic rings. The van der Waals surface area contributed by atoms with E-state index in [9.17, 15) is 4.79 Å². The maximum Gasteiger partial charge on any atom is 0.169 e. The standard InChI is InChI=1S/C16H20N2O.ClH/c1-17(2)10-11-8-9-14-15(16(11)19)12-6-4-5-7-13(12)18(14)3;/h4-7,11H,8-10H2,1-3H3;1H. The van der Waals surface area contributed by atoms with Crippen LogP contribution in [0.3, 0.4) is 0 Å². The van der Waals surface area contributed by atoms with Crippen LogP contribution < -0.4 is 0 Å². The quantitative estimate of drug-likeness (QED) is 0.850. The van der Waals surface area contributed by atoms with Crippen molar-refractivity contribution >= 4 is 29.1 Å². The molecule has 0 amide bonds. The molecule has 3 rings (SSSR count). The number of ketones is 1. The predicted molar refractivity (Wildman–Crippen MR) is 84.9 cm³/mol. The molecular formula is C16H21ClN2O. The van der Waals surface area contributed by atoms with Crippen molar-refractivity contribution in [3.05, 3.63) is 35.5 Å². The first-order chi connectivity index (χ1) is 9.09. The molecule has 0 saturated heterocycles. The highest BCUT2D eigenvalue weighted by molar-refractivity contribution is 6.11. The molecule has 0 radical (unpaired) electrons. The number of hydrogen-bond donors (Lipinski definition) is 0. The zero-order chi connectivity index (χ0) is 13.6. The first-order valence-corrected chi connectivity index (χ1v) is 6.85. The van der Waals surface area contributed by atoms with E-state index in [0.717, 1.165) is 30.3 Å². The maximum absolute atomic E-state index is 12.7. The van der Waals surface area contributed by atoms with Crippen LogP contribution in [0, 0.1) is 5.92 Å². The topological polar surface area (TPSA) is 25.2 Å². The number of benzene rings is 1. The van der Waals surface area contributed by atoms with E-state index in [2.05, 4.69) is 28.6 Å². The number of aryl methyl sites for hydroxylation is 1. The molecule has 1 aromatic carbocycles. The van der Waals surface area contributed by atoms with Crippen molar-refractivity contribution in [1.82, 2.24) is 9.47 Å². The zero-order valence-corrected chi connectivity index (χ0v) is 13.0. The number of carbonyl (C=O) groups excluding carboxylic acids is 1. The molecule has 1 heterocycles. The molecule has 4 heteroatoms. The predicted octanol–water partition coefficient (Wildman–Crippen LogP) is 2.91. The monoisotopic (exact) mass is 292 g/mol. The van der Waals surface area contributed by atoms with Crippen LogP contribution >= 0.6 is 12.4 Å². The molecule has 108 valence electrons. The van der Waals surface area contributed by atoms with E-state index in [-0.39, 0.29) is 18.3 Å². The van der Waals surface area contributed by atoms with Gasteiger partial charge in [-0.25, -0.2) is 0 Å². The first-order valence-electron chi connectivity index (χ1n) is 6.85. The Bertz CT molecular complexity index is 645. The molecule has 1 unspecified atom stereocenters. The fourth-order valence-electron chi connectivity index (χ4n) is 3.27. The average molecular weight is 293 g/mol. The molecular weight excluding hydrogens is 272 g/mol. The van der Waals surface area contributed by atoms with Gasteiger partial charge in [-0.2, -0.15) is 0 Å². The summed E-state index contributed by atoms with van der Waals surface area (Å²) in [6.45, 7) is 0.849. The van der Waals surface area contributed by atoms with E-state index in [1.54, 1.807) is 0 Å². The van der Waals surface area contributed by atoms with Crippen LogP contribution in [0.1, 0.15) is 22.5 Å². The highest BCUT2D eigenvalue weighted by Gasteiger charge is 2.31. The van der Waals surface area contributed by atoms with Crippen LogP contribution in [0.25, 0.3) is 10.9 Å². The van der Waals surface area contributed by atoms with E-state index in [1.807, 2.05) is 26.2 Å². The largest absolute Gasteiger partial charge is 0.347 e. The van der Waals surface area contributed by atoms with Gasteiger partial charge < -0.3 is 9.47 Å². The van der Waals surface area contributed by atoms with E-state index in [4.69, 9.17) is 0 Å². The van der Waals surface area contributed by atoms with Gasteiger partial charge in [0.1, 0.15) is 0 Å². The SMILES string of the molecule is CN(C)CC1CCc2c(c3ccccc3n2C)C1=O.Cl. The van der Waals surface area contributed by atoms with Gasteiger partial charge in [0, 0.05) is 41.7 Å². The van der Waals surface area contributed by atoms with Crippen molar-refractivity contribution in [1.29, 1.82) is 0 Å². The third-order valence-corrected chi connectivity index (χ3v) is 4.16. The van der Waals surface area contributed by atoms with Gasteiger partial charge in [0.15, 0.2) is 5.78 Å². The van der Waals surface area contributed by atoms with Crippen molar-refractivity contribution in [3.63, 3.8) is 0 Å². The van der Waals surface area contributed by atoms with Crippen molar-refractivity contribution in [3.8, 4) is 0 Å². The lowest BCUT2D eigenvalue weighted by Gasteiger charge is -2.24. The number of aromatic nitrogens is 1. The molecule has 0 N–H and O–H groups in total. The van der Waals surface area contributed by atoms with E-state index < -0.39 is 0 Å². The highest BCUT2D eigenvalue weighted by atomic mass is 35.5. The van der Waals surface area contributed by atoms with Crippen LogP contribution in [0.5, 0.6) is 0 Å². The first kappa shape index (κ1) is 15.1. The van der Waals surface area contributed by atoms with Crippen LogP contribution in [0.4, 0.5) is 0 Å². The minimum absolute atomic E-state index is 0. The number of carbonyl (C=O) groups is 1. The van der Waals surface area contributed by atoms with Gasteiger partial charge in [0.05, 0.1) is 0 Å². The number of halogens is 1. The summed E-state index contributed by atoms with van der Waals surface area (Å²) in [6, 6.07) is 8.23. The third-order valence-electron chi connectivity index (χ3n) is 4.16. The van der Waals surface area contributed by atoms with Crippen LogP contribution in [0.2, 0.25) is 0 Å². The number of Topliss-reactive ketones (excluding diaryl/α,β-unsaturated/α-hetero) is 1. The Labute approximate surface area is 126 Å². The molecule has 1 atom stereocenters. The van der Waals surface area contributed by atoms with Gasteiger partial charge in [0.2, 0.25) is 0 Å². The van der Waals surface area contributed by atoms with Crippen molar-refractivity contribution in [2.24, 2.45) is 13.0 Å². The Morgan fingerprint density at radius 2 is 2.00 bits per heavy atom.